The van der Waals surface area contributed by atoms with Crippen LogP contribution in [0.1, 0.15) is 22.8 Å². The van der Waals surface area contributed by atoms with Crippen LogP contribution in [0.2, 0.25) is 5.02 Å². The third-order valence-electron chi connectivity index (χ3n) is 6.03. The van der Waals surface area contributed by atoms with Crippen molar-refractivity contribution in [1.29, 1.82) is 0 Å². The van der Waals surface area contributed by atoms with Gasteiger partial charge in [-0.05, 0) is 91.7 Å². The average Bonchev–Trinajstić information content (AvgIpc) is 3.22. The second-order valence-corrected chi connectivity index (χ2v) is 10.9. The maximum Gasteiger partial charge on any atom is 0.264 e. The number of nitrogens with zero attached hydrogens (tertiary/aromatic N) is 1. The summed E-state index contributed by atoms with van der Waals surface area (Å²) >= 11 is 6.17. The minimum absolute atomic E-state index is 0.00215. The summed E-state index contributed by atoms with van der Waals surface area (Å²) in [6.07, 6.45) is 0.427. The molecule has 9 heteroatoms. The molecule has 0 aliphatic carbocycles. The highest BCUT2D eigenvalue weighted by Gasteiger charge is 2.36. The topological polar surface area (TPSA) is 75.7 Å². The molecule has 1 aliphatic heterocycles. The number of carbonyl (C=O) groups excluding carboxylic acids is 1. The Morgan fingerprint density at radius 1 is 1.00 bits per heavy atom. The standard InChI is InChI=1S/C28H22ClFN2O4S/c1-18-15-20-16-19(7-13-26(20)32(18)37(34,35)24-11-9-22(30)10-12-24)28(33)31-25-17-21(29)8-14-27(25)36-23-5-3-2-4-6-23/h2-14,16-18H,15H2,1H3,(H,31,33)/t18-/m0/s1. The number of amides is 1. The third kappa shape index (κ3) is 5.03. The van der Waals surface area contributed by atoms with Gasteiger partial charge >= 0.3 is 0 Å². The van der Waals surface area contributed by atoms with Crippen LogP contribution in [0.4, 0.5) is 15.8 Å². The fourth-order valence-electron chi connectivity index (χ4n) is 4.33. The SMILES string of the molecule is C[C@H]1Cc2cc(C(=O)Nc3cc(Cl)ccc3Oc3ccccc3)ccc2N1S(=O)(=O)c1ccc(F)cc1. The Morgan fingerprint density at radius 2 is 1.73 bits per heavy atom. The van der Waals surface area contributed by atoms with Gasteiger partial charge in [0.1, 0.15) is 11.6 Å². The zero-order valence-electron chi connectivity index (χ0n) is 19.7. The predicted molar refractivity (Wildman–Crippen MR) is 142 cm³/mol. The Bertz CT molecular complexity index is 1580. The average molecular weight is 537 g/mol. The first-order valence-corrected chi connectivity index (χ1v) is 13.3. The first-order chi connectivity index (χ1) is 17.7. The van der Waals surface area contributed by atoms with Crippen LogP contribution in [0.3, 0.4) is 0 Å². The van der Waals surface area contributed by atoms with Crippen molar-refractivity contribution in [3.05, 3.63) is 113 Å². The first-order valence-electron chi connectivity index (χ1n) is 11.5. The van der Waals surface area contributed by atoms with Gasteiger partial charge < -0.3 is 10.1 Å². The van der Waals surface area contributed by atoms with Crippen molar-refractivity contribution >= 4 is 38.9 Å². The molecule has 0 spiro atoms. The van der Waals surface area contributed by atoms with Gasteiger partial charge in [-0.25, -0.2) is 12.8 Å². The number of benzene rings is 4. The molecule has 1 heterocycles. The number of sulfonamides is 1. The second-order valence-electron chi connectivity index (χ2n) is 8.66. The fourth-order valence-corrected chi connectivity index (χ4v) is 6.19. The van der Waals surface area contributed by atoms with E-state index in [2.05, 4.69) is 5.32 Å². The molecule has 0 saturated carbocycles. The van der Waals surface area contributed by atoms with E-state index in [1.165, 1.54) is 16.4 Å². The van der Waals surface area contributed by atoms with Gasteiger partial charge in [-0.2, -0.15) is 0 Å². The lowest BCUT2D eigenvalue weighted by atomic mass is 10.1. The Morgan fingerprint density at radius 3 is 2.46 bits per heavy atom. The molecule has 1 N–H and O–H groups in total. The fraction of sp³-hybridized carbons (Fsp3) is 0.107. The smallest absolute Gasteiger partial charge is 0.264 e. The van der Waals surface area contributed by atoms with Crippen molar-refractivity contribution < 1.29 is 22.3 Å². The molecule has 0 unspecified atom stereocenters. The zero-order chi connectivity index (χ0) is 26.2. The summed E-state index contributed by atoms with van der Waals surface area (Å²) in [7, 11) is -3.90. The molecule has 1 amide bonds. The maximum absolute atomic E-state index is 13.3. The van der Waals surface area contributed by atoms with Gasteiger partial charge in [0.2, 0.25) is 0 Å². The Kier molecular flexibility index (Phi) is 6.62. The highest BCUT2D eigenvalue weighted by molar-refractivity contribution is 7.92. The summed E-state index contributed by atoms with van der Waals surface area (Å²) < 4.78 is 47.2. The molecule has 1 aliphatic rings. The summed E-state index contributed by atoms with van der Waals surface area (Å²) in [5.74, 6) is 0.126. The van der Waals surface area contributed by atoms with E-state index in [1.807, 2.05) is 18.2 Å². The molecule has 1 atom stereocenters. The summed E-state index contributed by atoms with van der Waals surface area (Å²) in [5.41, 5.74) is 1.97. The third-order valence-corrected chi connectivity index (χ3v) is 8.20. The molecule has 0 radical (unpaired) electrons. The lowest BCUT2D eigenvalue weighted by Gasteiger charge is -2.24. The Balaban J connectivity index is 1.41. The number of hydrogen-bond donors (Lipinski definition) is 1. The monoisotopic (exact) mass is 536 g/mol. The molecule has 4 aromatic carbocycles. The normalized spacial score (nSPS) is 14.8. The number of carbonyl (C=O) groups is 1. The van der Waals surface area contributed by atoms with Crippen molar-refractivity contribution in [2.75, 3.05) is 9.62 Å². The van der Waals surface area contributed by atoms with Crippen LogP contribution in [0.5, 0.6) is 11.5 Å². The van der Waals surface area contributed by atoms with Gasteiger partial charge in [0, 0.05) is 16.6 Å². The highest BCUT2D eigenvalue weighted by Crippen LogP contribution is 2.38. The molecule has 4 aromatic rings. The lowest BCUT2D eigenvalue weighted by molar-refractivity contribution is 0.102. The number of hydrogen-bond acceptors (Lipinski definition) is 4. The minimum Gasteiger partial charge on any atom is -0.455 e. The van der Waals surface area contributed by atoms with Gasteiger partial charge in [-0.1, -0.05) is 29.8 Å². The summed E-state index contributed by atoms with van der Waals surface area (Å²) in [6.45, 7) is 1.79. The van der Waals surface area contributed by atoms with E-state index in [9.17, 15) is 17.6 Å². The molecule has 0 saturated heterocycles. The molecule has 0 bridgehead atoms. The van der Waals surface area contributed by atoms with E-state index in [0.717, 1.165) is 17.7 Å². The van der Waals surface area contributed by atoms with Crippen LogP contribution in [0.15, 0.2) is 95.9 Å². The molecule has 5 rings (SSSR count). The predicted octanol–water partition coefficient (Wildman–Crippen LogP) is 6.66. The summed E-state index contributed by atoms with van der Waals surface area (Å²) in [5, 5.41) is 3.28. The number of rotatable bonds is 6. The van der Waals surface area contributed by atoms with Gasteiger partial charge in [0.05, 0.1) is 16.3 Å². The summed E-state index contributed by atoms with van der Waals surface area (Å²) in [4.78, 5) is 13.2. The van der Waals surface area contributed by atoms with Crippen molar-refractivity contribution in [2.24, 2.45) is 0 Å². The van der Waals surface area contributed by atoms with Crippen LogP contribution < -0.4 is 14.4 Å². The number of para-hydroxylation sites is 1. The zero-order valence-corrected chi connectivity index (χ0v) is 21.3. The van der Waals surface area contributed by atoms with Crippen LogP contribution in [0, 0.1) is 5.82 Å². The van der Waals surface area contributed by atoms with Crippen LogP contribution in [-0.4, -0.2) is 20.4 Å². The number of nitrogens with one attached hydrogen (secondary N) is 1. The Hall–Kier alpha value is -3.88. The van der Waals surface area contributed by atoms with E-state index in [4.69, 9.17) is 16.3 Å². The van der Waals surface area contributed by atoms with Crippen LogP contribution in [0.25, 0.3) is 0 Å². The summed E-state index contributed by atoms with van der Waals surface area (Å²) in [6, 6.07) is 23.3. The maximum atomic E-state index is 13.3. The molecule has 0 fully saturated rings. The molecule has 0 aromatic heterocycles. The highest BCUT2D eigenvalue weighted by atomic mass is 35.5. The van der Waals surface area contributed by atoms with Crippen molar-refractivity contribution in [1.82, 2.24) is 0 Å². The molecular formula is C28H22ClFN2O4S. The molecule has 6 nitrogen and oxygen atoms in total. The molecular weight excluding hydrogens is 515 g/mol. The van der Waals surface area contributed by atoms with Crippen molar-refractivity contribution in [3.8, 4) is 11.5 Å². The number of fused-ring (bicyclic) bond motifs is 1. The molecule has 188 valence electrons. The van der Waals surface area contributed by atoms with E-state index in [1.54, 1.807) is 55.5 Å². The van der Waals surface area contributed by atoms with Gasteiger partial charge in [-0.15, -0.1) is 0 Å². The van der Waals surface area contributed by atoms with E-state index in [0.29, 0.717) is 39.9 Å². The second kappa shape index (κ2) is 9.88. The van der Waals surface area contributed by atoms with Crippen molar-refractivity contribution in [3.63, 3.8) is 0 Å². The number of ether oxygens (including phenoxy) is 1. The van der Waals surface area contributed by atoms with Crippen LogP contribution in [-0.2, 0) is 16.4 Å². The van der Waals surface area contributed by atoms with Gasteiger partial charge in [0.15, 0.2) is 5.75 Å². The van der Waals surface area contributed by atoms with E-state index >= 15 is 0 Å². The van der Waals surface area contributed by atoms with Crippen molar-refractivity contribution in [2.45, 2.75) is 24.3 Å². The number of anilines is 2. The Labute approximate surface area is 219 Å². The molecule has 37 heavy (non-hydrogen) atoms. The van der Waals surface area contributed by atoms with E-state index < -0.39 is 21.7 Å². The van der Waals surface area contributed by atoms with E-state index in [-0.39, 0.29) is 10.9 Å². The first kappa shape index (κ1) is 24.8. The lowest BCUT2D eigenvalue weighted by Crippen LogP contribution is -2.35. The largest absolute Gasteiger partial charge is 0.455 e. The van der Waals surface area contributed by atoms with Gasteiger partial charge in [-0.3, -0.25) is 9.10 Å². The minimum atomic E-state index is -3.90. The van der Waals surface area contributed by atoms with Gasteiger partial charge in [0.25, 0.3) is 15.9 Å². The van der Waals surface area contributed by atoms with Crippen LogP contribution >= 0.6 is 11.6 Å². The number of halogens is 2. The quantitative estimate of drug-likeness (QED) is 0.299.